The van der Waals surface area contributed by atoms with Crippen molar-refractivity contribution in [2.24, 2.45) is 5.73 Å². The second-order valence-corrected chi connectivity index (χ2v) is 5.29. The zero-order valence-corrected chi connectivity index (χ0v) is 14.0. The average Bonchev–Trinajstić information content (AvgIpc) is 2.64. The number of hydrogen-bond acceptors (Lipinski definition) is 4. The highest BCUT2D eigenvalue weighted by atomic mass is 16.5. The van der Waals surface area contributed by atoms with Crippen molar-refractivity contribution in [3.63, 3.8) is 0 Å². The van der Waals surface area contributed by atoms with Crippen LogP contribution in [-0.2, 0) is 9.59 Å². The van der Waals surface area contributed by atoms with E-state index < -0.39 is 11.9 Å². The van der Waals surface area contributed by atoms with E-state index in [2.05, 4.69) is 30.3 Å². The van der Waals surface area contributed by atoms with Crippen LogP contribution in [-0.4, -0.2) is 35.3 Å². The van der Waals surface area contributed by atoms with Crippen molar-refractivity contribution in [3.8, 4) is 5.75 Å². The van der Waals surface area contributed by atoms with E-state index in [1.54, 1.807) is 0 Å². The molecule has 0 aliphatic heterocycles. The van der Waals surface area contributed by atoms with Gasteiger partial charge in [-0.2, -0.15) is 0 Å². The lowest BCUT2D eigenvalue weighted by molar-refractivity contribution is -0.134. The Kier molecular flexibility index (Phi) is 6.70. The van der Waals surface area contributed by atoms with E-state index in [1.165, 1.54) is 10.8 Å². The lowest BCUT2D eigenvalue weighted by Crippen LogP contribution is -2.10. The van der Waals surface area contributed by atoms with Gasteiger partial charge in [-0.05, 0) is 16.8 Å². The first-order valence-corrected chi connectivity index (χ1v) is 7.90. The monoisotopic (exact) mass is 353 g/mol. The highest BCUT2D eigenvalue weighted by Crippen LogP contribution is 2.34. The molecule has 26 heavy (non-hydrogen) atoms. The quantitative estimate of drug-likeness (QED) is 0.480. The number of hydrogen-bond donors (Lipinski definition) is 3. The molecule has 0 aromatic heterocycles. The molecule has 0 bridgehead atoms. The third kappa shape index (κ3) is 5.06. The van der Waals surface area contributed by atoms with Gasteiger partial charge >= 0.3 is 11.9 Å². The Morgan fingerprint density at radius 1 is 0.885 bits per heavy atom. The SMILES string of the molecule is NCCOc1c2ccccc2cc2ccccc12.O=C(O)C=CC(=O)O. The molecule has 3 aromatic carbocycles. The molecule has 0 atom stereocenters. The van der Waals surface area contributed by atoms with Crippen LogP contribution in [0.3, 0.4) is 0 Å². The molecular weight excluding hydrogens is 334 g/mol. The fourth-order valence-corrected chi connectivity index (χ4v) is 2.43. The third-order valence-electron chi connectivity index (χ3n) is 3.45. The highest BCUT2D eigenvalue weighted by Gasteiger charge is 2.07. The van der Waals surface area contributed by atoms with Crippen LogP contribution in [0, 0.1) is 0 Å². The Bertz CT molecular complexity index is 879. The first kappa shape index (κ1) is 19.0. The zero-order chi connectivity index (χ0) is 18.9. The summed E-state index contributed by atoms with van der Waals surface area (Å²) in [5, 5.41) is 20.3. The Hall–Kier alpha value is -3.38. The lowest BCUT2D eigenvalue weighted by Gasteiger charge is -2.12. The second-order valence-electron chi connectivity index (χ2n) is 5.29. The summed E-state index contributed by atoms with van der Waals surface area (Å²) < 4.78 is 5.86. The van der Waals surface area contributed by atoms with E-state index in [9.17, 15) is 9.59 Å². The highest BCUT2D eigenvalue weighted by molar-refractivity contribution is 6.05. The van der Waals surface area contributed by atoms with Crippen molar-refractivity contribution < 1.29 is 24.5 Å². The molecular formula is C20H19NO5. The molecule has 3 aromatic rings. The summed E-state index contributed by atoms with van der Waals surface area (Å²) in [5.74, 6) is -1.58. The minimum Gasteiger partial charge on any atom is -0.491 e. The average molecular weight is 353 g/mol. The molecule has 0 saturated heterocycles. The van der Waals surface area contributed by atoms with Crippen LogP contribution in [0.1, 0.15) is 0 Å². The number of ether oxygens (including phenoxy) is 1. The van der Waals surface area contributed by atoms with Gasteiger partial charge in [0.1, 0.15) is 12.4 Å². The van der Waals surface area contributed by atoms with Crippen molar-refractivity contribution in [1.82, 2.24) is 0 Å². The van der Waals surface area contributed by atoms with Crippen LogP contribution in [0.5, 0.6) is 5.75 Å². The largest absolute Gasteiger partial charge is 0.491 e. The molecule has 0 saturated carbocycles. The van der Waals surface area contributed by atoms with Crippen LogP contribution in [0.25, 0.3) is 21.5 Å². The normalized spacial score (nSPS) is 10.5. The first-order chi connectivity index (χ1) is 12.5. The number of carboxylic acid groups (broad SMARTS) is 2. The molecule has 4 N–H and O–H groups in total. The van der Waals surface area contributed by atoms with Gasteiger partial charge in [0, 0.05) is 29.5 Å². The van der Waals surface area contributed by atoms with E-state index in [0.717, 1.165) is 16.5 Å². The van der Waals surface area contributed by atoms with Gasteiger partial charge in [0.05, 0.1) is 0 Å². The van der Waals surface area contributed by atoms with Gasteiger partial charge in [0.2, 0.25) is 0 Å². The molecule has 6 heteroatoms. The van der Waals surface area contributed by atoms with E-state index in [1.807, 2.05) is 24.3 Å². The molecule has 0 unspecified atom stereocenters. The predicted molar refractivity (Wildman–Crippen MR) is 100 cm³/mol. The summed E-state index contributed by atoms with van der Waals surface area (Å²) in [7, 11) is 0. The standard InChI is InChI=1S/C16H15NO.C4H4O4/c17-9-10-18-16-14-7-3-1-5-12(14)11-13-6-2-4-8-15(13)16;5-3(6)1-2-4(7)8/h1-8,11H,9-10,17H2;1-2H,(H,5,6)(H,7,8). The molecule has 0 aliphatic carbocycles. The van der Waals surface area contributed by atoms with E-state index >= 15 is 0 Å². The molecule has 3 rings (SSSR count). The summed E-state index contributed by atoms with van der Waals surface area (Å²) >= 11 is 0. The maximum absolute atomic E-state index is 9.55. The fourth-order valence-electron chi connectivity index (χ4n) is 2.43. The Morgan fingerprint density at radius 3 is 1.77 bits per heavy atom. The zero-order valence-electron chi connectivity index (χ0n) is 14.0. The van der Waals surface area contributed by atoms with Crippen molar-refractivity contribution in [3.05, 3.63) is 66.7 Å². The van der Waals surface area contributed by atoms with Gasteiger partial charge in [-0.3, -0.25) is 0 Å². The number of aliphatic carboxylic acids is 2. The van der Waals surface area contributed by atoms with Crippen LogP contribution in [0.4, 0.5) is 0 Å². The number of nitrogens with two attached hydrogens (primary N) is 1. The number of carbonyl (C=O) groups is 2. The van der Waals surface area contributed by atoms with Gasteiger partial charge in [0.15, 0.2) is 0 Å². The summed E-state index contributed by atoms with van der Waals surface area (Å²) in [5.41, 5.74) is 5.54. The maximum Gasteiger partial charge on any atom is 0.328 e. The van der Waals surface area contributed by atoms with Gasteiger partial charge < -0.3 is 20.7 Å². The molecule has 0 fully saturated rings. The molecule has 6 nitrogen and oxygen atoms in total. The topological polar surface area (TPSA) is 110 Å². The van der Waals surface area contributed by atoms with E-state index in [4.69, 9.17) is 20.7 Å². The number of fused-ring (bicyclic) bond motifs is 2. The van der Waals surface area contributed by atoms with Crippen LogP contribution in [0.2, 0.25) is 0 Å². The van der Waals surface area contributed by atoms with Gasteiger partial charge in [-0.1, -0.05) is 48.5 Å². The van der Waals surface area contributed by atoms with Crippen molar-refractivity contribution in [1.29, 1.82) is 0 Å². The first-order valence-electron chi connectivity index (χ1n) is 7.90. The molecule has 0 amide bonds. The third-order valence-corrected chi connectivity index (χ3v) is 3.45. The van der Waals surface area contributed by atoms with Crippen molar-refractivity contribution in [2.75, 3.05) is 13.2 Å². The Morgan fingerprint density at radius 2 is 1.35 bits per heavy atom. The smallest absolute Gasteiger partial charge is 0.328 e. The van der Waals surface area contributed by atoms with Crippen LogP contribution < -0.4 is 10.5 Å². The predicted octanol–water partition coefficient (Wildman–Crippen LogP) is 3.04. The fraction of sp³-hybridized carbons (Fsp3) is 0.100. The summed E-state index contributed by atoms with van der Waals surface area (Å²) in [6.07, 6.45) is 1.12. The maximum atomic E-state index is 9.55. The van der Waals surface area contributed by atoms with Gasteiger partial charge in [-0.25, -0.2) is 9.59 Å². The Balaban J connectivity index is 0.000000260. The van der Waals surface area contributed by atoms with Gasteiger partial charge in [0.25, 0.3) is 0 Å². The molecule has 0 heterocycles. The molecule has 134 valence electrons. The van der Waals surface area contributed by atoms with Gasteiger partial charge in [-0.15, -0.1) is 0 Å². The van der Waals surface area contributed by atoms with Crippen LogP contribution in [0.15, 0.2) is 66.7 Å². The molecule has 0 aliphatic rings. The number of benzene rings is 3. The van der Waals surface area contributed by atoms with E-state index in [-0.39, 0.29) is 0 Å². The summed E-state index contributed by atoms with van der Waals surface area (Å²) in [6.45, 7) is 1.07. The van der Waals surface area contributed by atoms with Crippen molar-refractivity contribution in [2.45, 2.75) is 0 Å². The van der Waals surface area contributed by atoms with Crippen molar-refractivity contribution >= 4 is 33.5 Å². The minimum atomic E-state index is -1.26. The molecule has 0 radical (unpaired) electrons. The molecule has 0 spiro atoms. The van der Waals surface area contributed by atoms with E-state index in [0.29, 0.717) is 25.3 Å². The number of rotatable bonds is 5. The lowest BCUT2D eigenvalue weighted by atomic mass is 10.0. The summed E-state index contributed by atoms with van der Waals surface area (Å²) in [4.78, 5) is 19.1. The minimum absolute atomic E-state index is 0.525. The number of carboxylic acids is 2. The second kappa shape index (κ2) is 9.19. The van der Waals surface area contributed by atoms with Crippen LogP contribution >= 0.6 is 0 Å². The summed E-state index contributed by atoms with van der Waals surface area (Å²) in [6, 6.07) is 18.8. The Labute approximate surface area is 150 Å².